The summed E-state index contributed by atoms with van der Waals surface area (Å²) in [6, 6.07) is 7.37. The molecule has 0 aromatic heterocycles. The van der Waals surface area contributed by atoms with Gasteiger partial charge in [-0.1, -0.05) is 0 Å². The Balaban J connectivity index is 2.79. The monoisotopic (exact) mass is 357 g/mol. The zero-order valence-corrected chi connectivity index (χ0v) is 13.4. The molecule has 1 aromatic carbocycles. The SMILES string of the molecule is CN([PH](N)(F)F)P(C)(F)(F)NP(F)Oc1ccccc1. The van der Waals surface area contributed by atoms with Gasteiger partial charge in [-0.25, -0.2) is 0 Å². The molecule has 1 unspecified atom stereocenters. The first-order valence-corrected chi connectivity index (χ1v) is 10.6. The van der Waals surface area contributed by atoms with Gasteiger partial charge in [-0.05, 0) is 0 Å². The van der Waals surface area contributed by atoms with Gasteiger partial charge in [0.15, 0.2) is 0 Å². The van der Waals surface area contributed by atoms with Crippen LogP contribution < -0.4 is 14.9 Å². The first-order valence-electron chi connectivity index (χ1n) is 5.24. The van der Waals surface area contributed by atoms with Crippen molar-refractivity contribution in [1.29, 1.82) is 0 Å². The Hall–Kier alpha value is -0.160. The van der Waals surface area contributed by atoms with Crippen molar-refractivity contribution in [2.45, 2.75) is 0 Å². The maximum absolute atomic E-state index is 14.1. The van der Waals surface area contributed by atoms with Crippen LogP contribution in [0, 0.1) is 0 Å². The summed E-state index contributed by atoms with van der Waals surface area (Å²) in [7, 11) is -14.9. The van der Waals surface area contributed by atoms with Crippen molar-refractivity contribution >= 4 is 24.3 Å². The van der Waals surface area contributed by atoms with E-state index in [1.165, 1.54) is 29.1 Å². The van der Waals surface area contributed by atoms with Gasteiger partial charge in [0.25, 0.3) is 0 Å². The number of nitrogens with two attached hydrogens (primary N) is 1. The second-order valence-corrected chi connectivity index (χ2v) is 10.9. The molecule has 3 N–H and O–H groups in total. The Kier molecular flexibility index (Phi) is 5.29. The van der Waals surface area contributed by atoms with Crippen LogP contribution in [-0.2, 0) is 0 Å². The molecule has 0 fully saturated rings. The summed E-state index contributed by atoms with van der Waals surface area (Å²) in [4.78, 5) is 1.26. The number of benzene rings is 1. The molecule has 0 amide bonds. The minimum atomic E-state index is -6.34. The Morgan fingerprint density at radius 2 is 1.80 bits per heavy atom. The van der Waals surface area contributed by atoms with Crippen LogP contribution in [0.5, 0.6) is 5.75 Å². The average molecular weight is 357 g/mol. The Morgan fingerprint density at radius 3 is 2.25 bits per heavy atom. The first-order chi connectivity index (χ1) is 8.90. The van der Waals surface area contributed by atoms with Gasteiger partial charge in [-0.3, -0.25) is 0 Å². The molecule has 1 aromatic rings. The van der Waals surface area contributed by atoms with Crippen molar-refractivity contribution in [3.05, 3.63) is 30.3 Å². The number of nitrogens with zero attached hydrogens (tertiary/aromatic N) is 1. The van der Waals surface area contributed by atoms with Crippen LogP contribution in [0.2, 0.25) is 0 Å². The first kappa shape index (κ1) is 17.9. The van der Waals surface area contributed by atoms with Gasteiger partial charge in [0.2, 0.25) is 0 Å². The van der Waals surface area contributed by atoms with Crippen LogP contribution in [0.15, 0.2) is 30.3 Å². The van der Waals surface area contributed by atoms with Crippen LogP contribution in [0.1, 0.15) is 0 Å². The number of para-hydroxylation sites is 1. The zero-order chi connectivity index (χ0) is 15.6. The molecule has 118 valence electrons. The summed E-state index contributed by atoms with van der Waals surface area (Å²) >= 11 is 0. The van der Waals surface area contributed by atoms with E-state index in [9.17, 15) is 21.0 Å². The fourth-order valence-electron chi connectivity index (χ4n) is 1.14. The van der Waals surface area contributed by atoms with Crippen LogP contribution >= 0.6 is 24.3 Å². The molecule has 1 atom stereocenters. The van der Waals surface area contributed by atoms with Crippen LogP contribution in [0.3, 0.4) is 0 Å². The predicted molar refractivity (Wildman–Crippen MR) is 75.8 cm³/mol. The van der Waals surface area contributed by atoms with Crippen LogP contribution in [0.25, 0.3) is 0 Å². The summed E-state index contributed by atoms with van der Waals surface area (Å²) in [5.41, 5.74) is 4.47. The molecule has 1 rings (SSSR count). The number of nitrogens with one attached hydrogen (secondary N) is 1. The van der Waals surface area contributed by atoms with Crippen molar-refractivity contribution in [3.8, 4) is 5.75 Å². The molecule has 4 nitrogen and oxygen atoms in total. The normalized spacial score (nSPS) is 17.4. The molecule has 0 radical (unpaired) electrons. The quantitative estimate of drug-likeness (QED) is 0.563. The van der Waals surface area contributed by atoms with E-state index in [1.807, 2.05) is 0 Å². The van der Waals surface area contributed by atoms with E-state index in [0.717, 1.165) is 0 Å². The molecular formula is C8H15F5N3OP3. The predicted octanol–water partition coefficient (Wildman–Crippen LogP) is 4.87. The third kappa shape index (κ3) is 4.99. The van der Waals surface area contributed by atoms with Gasteiger partial charge in [0.05, 0.1) is 0 Å². The van der Waals surface area contributed by atoms with E-state index in [1.54, 1.807) is 6.07 Å². The second-order valence-electron chi connectivity index (χ2n) is 4.11. The van der Waals surface area contributed by atoms with Gasteiger partial charge < -0.3 is 0 Å². The molecule has 0 spiro atoms. The summed E-state index contributed by atoms with van der Waals surface area (Å²) in [6.07, 6.45) is 0. The third-order valence-electron chi connectivity index (χ3n) is 2.34. The van der Waals surface area contributed by atoms with E-state index in [4.69, 9.17) is 0 Å². The molecule has 0 saturated heterocycles. The van der Waals surface area contributed by atoms with Gasteiger partial charge in [0, 0.05) is 0 Å². The molecule has 20 heavy (non-hydrogen) atoms. The third-order valence-corrected chi connectivity index (χ3v) is 9.47. The van der Waals surface area contributed by atoms with Crippen molar-refractivity contribution in [2.24, 2.45) is 5.50 Å². The molecule has 0 heterocycles. The molecule has 0 saturated carbocycles. The van der Waals surface area contributed by atoms with Crippen molar-refractivity contribution in [3.63, 3.8) is 0 Å². The number of hydrogen-bond donors (Lipinski definition) is 2. The fraction of sp³-hybridized carbons (Fsp3) is 0.250. The Morgan fingerprint density at radius 1 is 1.30 bits per heavy atom. The van der Waals surface area contributed by atoms with E-state index in [0.29, 0.717) is 7.05 Å². The van der Waals surface area contributed by atoms with E-state index in [2.05, 4.69) is 10.0 Å². The molecule has 0 bridgehead atoms. The number of halogens is 5. The summed E-state index contributed by atoms with van der Waals surface area (Å²) in [5, 5.41) is 0. The summed E-state index contributed by atoms with van der Waals surface area (Å²) in [5.74, 6) is 0.0139. The standard InChI is InChI=1S/C8H15F5N3OP3/c1-16(19(10,11)14)20(2,12,13)15-18(9)17-8-6-4-3-5-7-8/h3-7,15,19H,14H2,1-2H3. The number of rotatable bonds is 6. The van der Waals surface area contributed by atoms with Crippen molar-refractivity contribution < 1.29 is 25.5 Å². The van der Waals surface area contributed by atoms with E-state index < -0.39 is 28.8 Å². The molecule has 0 aliphatic carbocycles. The minimum absolute atomic E-state index is 0.0139. The summed E-state index contributed by atoms with van der Waals surface area (Å²) < 4.78 is 71.7. The average Bonchev–Trinajstić information content (AvgIpc) is 2.26. The van der Waals surface area contributed by atoms with Gasteiger partial charge in [0.1, 0.15) is 0 Å². The summed E-state index contributed by atoms with van der Waals surface area (Å²) in [6.45, 7) is 0.239. The van der Waals surface area contributed by atoms with E-state index in [-0.39, 0.29) is 12.4 Å². The Bertz CT molecular complexity index is 452. The molecular weight excluding hydrogens is 342 g/mol. The van der Waals surface area contributed by atoms with Crippen molar-refractivity contribution in [1.82, 2.24) is 9.30 Å². The Labute approximate surface area is 115 Å². The number of hydrogen-bond acceptors (Lipinski definition) is 4. The van der Waals surface area contributed by atoms with Crippen LogP contribution in [-0.4, -0.2) is 18.2 Å². The van der Waals surface area contributed by atoms with Gasteiger partial charge >= 0.3 is 114 Å². The molecule has 0 aliphatic rings. The van der Waals surface area contributed by atoms with Gasteiger partial charge in [-0.15, -0.1) is 0 Å². The molecule has 12 heteroatoms. The van der Waals surface area contributed by atoms with E-state index >= 15 is 0 Å². The fourth-order valence-corrected chi connectivity index (χ4v) is 6.34. The zero-order valence-electron chi connectivity index (χ0n) is 10.6. The maximum atomic E-state index is 14.1. The molecule has 0 aliphatic heterocycles. The van der Waals surface area contributed by atoms with Gasteiger partial charge in [-0.2, -0.15) is 0 Å². The topological polar surface area (TPSA) is 50.5 Å². The van der Waals surface area contributed by atoms with Crippen molar-refractivity contribution in [2.75, 3.05) is 13.7 Å². The second kappa shape index (κ2) is 5.91. The van der Waals surface area contributed by atoms with Crippen LogP contribution in [0.4, 0.5) is 21.0 Å².